The number of amides is 1. The van der Waals surface area contributed by atoms with E-state index in [1.165, 1.54) is 0 Å². The minimum absolute atomic E-state index is 0.0896. The maximum atomic E-state index is 11.9. The number of aromatic carboxylic acids is 1. The zero-order chi connectivity index (χ0) is 21.4. The average Bonchev–Trinajstić information content (AvgIpc) is 3.09. The van der Waals surface area contributed by atoms with Crippen LogP contribution in [0.2, 0.25) is 5.02 Å². The zero-order valence-electron chi connectivity index (χ0n) is 16.9. The number of carbonyl (C=O) groups excluding carboxylic acids is 1. The fourth-order valence-corrected chi connectivity index (χ4v) is 4.19. The van der Waals surface area contributed by atoms with E-state index in [2.05, 4.69) is 14.9 Å². The summed E-state index contributed by atoms with van der Waals surface area (Å²) in [5.41, 5.74) is 3.80. The molecule has 2 N–H and O–H groups in total. The van der Waals surface area contributed by atoms with Crippen LogP contribution in [-0.2, 0) is 11.3 Å². The molecular weight excluding hydrogens is 404 g/mol. The molecule has 1 aliphatic rings. The van der Waals surface area contributed by atoms with Gasteiger partial charge in [-0.05, 0) is 36.2 Å². The standard InChI is InChI=1S/C22H23ClN4O3/c1-13-3-4-16(18(23)9-13)15-10-17(22(29)30)21-19(11-15)24-20(25-21)12-26-5-7-27(8-6-26)14(2)28/h3-4,9-11H,5-8,12H2,1-2H3,(H,24,25)(H,29,30). The van der Waals surface area contributed by atoms with E-state index in [1.54, 1.807) is 13.0 Å². The third-order valence-electron chi connectivity index (χ3n) is 5.49. The van der Waals surface area contributed by atoms with E-state index >= 15 is 0 Å². The molecule has 3 aromatic rings. The van der Waals surface area contributed by atoms with Gasteiger partial charge in [-0.2, -0.15) is 0 Å². The second-order valence-corrected chi connectivity index (χ2v) is 8.08. The Balaban J connectivity index is 1.65. The van der Waals surface area contributed by atoms with Crippen LogP contribution in [0.25, 0.3) is 22.2 Å². The van der Waals surface area contributed by atoms with Gasteiger partial charge in [-0.15, -0.1) is 0 Å². The lowest BCUT2D eigenvalue weighted by Crippen LogP contribution is -2.47. The van der Waals surface area contributed by atoms with Crippen LogP contribution < -0.4 is 0 Å². The first-order valence-electron chi connectivity index (χ1n) is 9.82. The van der Waals surface area contributed by atoms with E-state index in [4.69, 9.17) is 11.6 Å². The predicted molar refractivity (Wildman–Crippen MR) is 116 cm³/mol. The van der Waals surface area contributed by atoms with E-state index in [0.717, 1.165) is 29.8 Å². The van der Waals surface area contributed by atoms with Gasteiger partial charge in [0.25, 0.3) is 0 Å². The van der Waals surface area contributed by atoms with Crippen LogP contribution in [0, 0.1) is 6.92 Å². The highest BCUT2D eigenvalue weighted by molar-refractivity contribution is 6.33. The molecule has 0 radical (unpaired) electrons. The van der Waals surface area contributed by atoms with Crippen LogP contribution in [0.15, 0.2) is 30.3 Å². The van der Waals surface area contributed by atoms with Crippen LogP contribution in [-0.4, -0.2) is 62.9 Å². The molecule has 1 aliphatic heterocycles. The van der Waals surface area contributed by atoms with Crippen molar-refractivity contribution >= 4 is 34.5 Å². The number of aromatic nitrogens is 2. The van der Waals surface area contributed by atoms with Crippen molar-refractivity contribution in [2.45, 2.75) is 20.4 Å². The first kappa shape index (κ1) is 20.4. The Kier molecular flexibility index (Phi) is 5.49. The molecule has 2 aromatic carbocycles. The van der Waals surface area contributed by atoms with Gasteiger partial charge in [0.05, 0.1) is 17.6 Å². The SMILES string of the molecule is CC(=O)N1CCN(Cc2nc3c(C(=O)O)cc(-c4ccc(C)cc4Cl)cc3[nH]2)CC1. The number of hydrogen-bond donors (Lipinski definition) is 2. The van der Waals surface area contributed by atoms with Gasteiger partial charge >= 0.3 is 5.97 Å². The number of imidazole rings is 1. The molecule has 1 aromatic heterocycles. The smallest absolute Gasteiger partial charge is 0.337 e. The summed E-state index contributed by atoms with van der Waals surface area (Å²) in [6.07, 6.45) is 0. The second kappa shape index (κ2) is 8.08. The van der Waals surface area contributed by atoms with Gasteiger partial charge in [-0.3, -0.25) is 9.69 Å². The Labute approximate surface area is 179 Å². The van der Waals surface area contributed by atoms with Crippen molar-refractivity contribution in [1.29, 1.82) is 0 Å². The number of fused-ring (bicyclic) bond motifs is 1. The number of aryl methyl sites for hydroxylation is 1. The summed E-state index contributed by atoms with van der Waals surface area (Å²) in [5.74, 6) is -0.235. The van der Waals surface area contributed by atoms with Gasteiger partial charge in [0.1, 0.15) is 11.3 Å². The number of carboxylic acids is 1. The summed E-state index contributed by atoms with van der Waals surface area (Å²) < 4.78 is 0. The normalized spacial score (nSPS) is 15.0. The van der Waals surface area contributed by atoms with Crippen molar-refractivity contribution < 1.29 is 14.7 Å². The maximum absolute atomic E-state index is 11.9. The Morgan fingerprint density at radius 3 is 2.53 bits per heavy atom. The molecular formula is C22H23ClN4O3. The molecule has 1 amide bonds. The number of rotatable bonds is 4. The summed E-state index contributed by atoms with van der Waals surface area (Å²) in [4.78, 5) is 35.3. The topological polar surface area (TPSA) is 89.5 Å². The third-order valence-corrected chi connectivity index (χ3v) is 5.81. The summed E-state index contributed by atoms with van der Waals surface area (Å²) in [6, 6.07) is 9.22. The molecule has 0 aliphatic carbocycles. The van der Waals surface area contributed by atoms with Gasteiger partial charge in [-0.1, -0.05) is 23.7 Å². The zero-order valence-corrected chi connectivity index (χ0v) is 17.7. The molecule has 0 saturated carbocycles. The average molecular weight is 427 g/mol. The maximum Gasteiger partial charge on any atom is 0.337 e. The Hall–Kier alpha value is -2.90. The highest BCUT2D eigenvalue weighted by Crippen LogP contribution is 2.32. The number of benzene rings is 2. The lowest BCUT2D eigenvalue weighted by atomic mass is 10.0. The number of carbonyl (C=O) groups is 2. The molecule has 0 spiro atoms. The minimum Gasteiger partial charge on any atom is -0.478 e. The summed E-state index contributed by atoms with van der Waals surface area (Å²) in [6.45, 7) is 7.00. The van der Waals surface area contributed by atoms with Crippen LogP contribution in [0.3, 0.4) is 0 Å². The Bertz CT molecular complexity index is 1130. The molecule has 4 rings (SSSR count). The largest absolute Gasteiger partial charge is 0.478 e. The van der Waals surface area contributed by atoms with Gasteiger partial charge in [0, 0.05) is 43.7 Å². The van der Waals surface area contributed by atoms with Crippen molar-refractivity contribution in [3.05, 3.63) is 52.3 Å². The summed E-state index contributed by atoms with van der Waals surface area (Å²) in [5, 5.41) is 10.3. The van der Waals surface area contributed by atoms with E-state index in [0.29, 0.717) is 41.5 Å². The summed E-state index contributed by atoms with van der Waals surface area (Å²) in [7, 11) is 0. The number of piperazine rings is 1. The van der Waals surface area contributed by atoms with Crippen LogP contribution >= 0.6 is 11.6 Å². The number of carboxylic acid groups (broad SMARTS) is 1. The number of H-pyrrole nitrogens is 1. The van der Waals surface area contributed by atoms with Crippen molar-refractivity contribution in [2.75, 3.05) is 26.2 Å². The lowest BCUT2D eigenvalue weighted by molar-refractivity contribution is -0.130. The third kappa shape index (κ3) is 4.04. The number of nitrogens with zero attached hydrogens (tertiary/aromatic N) is 3. The van der Waals surface area contributed by atoms with Crippen molar-refractivity contribution in [1.82, 2.24) is 19.8 Å². The lowest BCUT2D eigenvalue weighted by Gasteiger charge is -2.33. The van der Waals surface area contributed by atoms with Gasteiger partial charge in [-0.25, -0.2) is 9.78 Å². The highest BCUT2D eigenvalue weighted by Gasteiger charge is 2.21. The van der Waals surface area contributed by atoms with Crippen LogP contribution in [0.4, 0.5) is 0 Å². The van der Waals surface area contributed by atoms with Crippen LogP contribution in [0.1, 0.15) is 28.7 Å². The van der Waals surface area contributed by atoms with E-state index < -0.39 is 5.97 Å². The minimum atomic E-state index is -1.03. The molecule has 1 fully saturated rings. The fraction of sp³-hybridized carbons (Fsp3) is 0.318. The molecule has 2 heterocycles. The first-order chi connectivity index (χ1) is 14.3. The van der Waals surface area contributed by atoms with Crippen molar-refractivity contribution in [3.8, 4) is 11.1 Å². The molecule has 0 unspecified atom stereocenters. The molecule has 0 bridgehead atoms. The van der Waals surface area contributed by atoms with Crippen molar-refractivity contribution in [3.63, 3.8) is 0 Å². The number of hydrogen-bond acceptors (Lipinski definition) is 4. The number of nitrogens with one attached hydrogen (secondary N) is 1. The molecule has 0 atom stereocenters. The Morgan fingerprint density at radius 2 is 1.90 bits per heavy atom. The van der Waals surface area contributed by atoms with Crippen molar-refractivity contribution in [2.24, 2.45) is 0 Å². The monoisotopic (exact) mass is 426 g/mol. The van der Waals surface area contributed by atoms with Crippen LogP contribution in [0.5, 0.6) is 0 Å². The molecule has 1 saturated heterocycles. The van der Waals surface area contributed by atoms with Gasteiger partial charge in [0.2, 0.25) is 5.91 Å². The second-order valence-electron chi connectivity index (χ2n) is 7.67. The molecule has 8 heteroatoms. The van der Waals surface area contributed by atoms with E-state index in [9.17, 15) is 14.7 Å². The fourth-order valence-electron chi connectivity index (χ4n) is 3.85. The molecule has 156 valence electrons. The van der Waals surface area contributed by atoms with Gasteiger partial charge < -0.3 is 15.0 Å². The Morgan fingerprint density at radius 1 is 1.17 bits per heavy atom. The number of halogens is 1. The van der Waals surface area contributed by atoms with E-state index in [-0.39, 0.29) is 11.5 Å². The quantitative estimate of drug-likeness (QED) is 0.665. The van der Waals surface area contributed by atoms with Gasteiger partial charge in [0.15, 0.2) is 0 Å². The highest BCUT2D eigenvalue weighted by atomic mass is 35.5. The number of aromatic amines is 1. The molecule has 7 nitrogen and oxygen atoms in total. The first-order valence-corrected chi connectivity index (χ1v) is 10.2. The predicted octanol–water partition coefficient (Wildman–Crippen LogP) is 3.55. The van der Waals surface area contributed by atoms with E-state index in [1.807, 2.05) is 36.1 Å². The molecule has 30 heavy (non-hydrogen) atoms. The summed E-state index contributed by atoms with van der Waals surface area (Å²) >= 11 is 6.41.